The van der Waals surface area contributed by atoms with Crippen molar-refractivity contribution in [1.82, 2.24) is 10.2 Å². The van der Waals surface area contributed by atoms with Gasteiger partial charge in [-0.25, -0.2) is 0 Å². The summed E-state index contributed by atoms with van der Waals surface area (Å²) in [6, 6.07) is -0.154. The number of thioether (sulfide) groups is 1. The Balaban J connectivity index is 2.45. The van der Waals surface area contributed by atoms with Crippen molar-refractivity contribution in [2.75, 3.05) is 24.6 Å². The predicted molar refractivity (Wildman–Crippen MR) is 77.5 cm³/mol. The van der Waals surface area contributed by atoms with Crippen LogP contribution in [-0.4, -0.2) is 58.1 Å². The van der Waals surface area contributed by atoms with E-state index in [2.05, 4.69) is 26.1 Å². The molecule has 0 bridgehead atoms. The summed E-state index contributed by atoms with van der Waals surface area (Å²) in [5.74, 6) is 0.848. The standard InChI is InChI=1S/C13H24N2O3S/c1-13(2,3)14-5-4-11(16)15-6-7-19-9-10(15)8-12(17)18/h10,14H,4-9H2,1-3H3,(H,17,18). The molecule has 2 N–H and O–H groups in total. The van der Waals surface area contributed by atoms with Gasteiger partial charge in [0, 0.05) is 36.6 Å². The summed E-state index contributed by atoms with van der Waals surface area (Å²) in [5, 5.41) is 12.2. The number of rotatable bonds is 5. The Morgan fingerprint density at radius 3 is 2.68 bits per heavy atom. The fourth-order valence-electron chi connectivity index (χ4n) is 2.04. The molecular formula is C13H24N2O3S. The van der Waals surface area contributed by atoms with Crippen LogP contribution in [0.5, 0.6) is 0 Å². The first-order valence-electron chi connectivity index (χ1n) is 6.63. The minimum absolute atomic E-state index is 0.00149. The molecule has 5 nitrogen and oxygen atoms in total. The van der Waals surface area contributed by atoms with Gasteiger partial charge in [0.2, 0.25) is 5.91 Å². The van der Waals surface area contributed by atoms with Gasteiger partial charge in [-0.15, -0.1) is 0 Å². The van der Waals surface area contributed by atoms with Crippen LogP contribution in [0, 0.1) is 0 Å². The maximum atomic E-state index is 12.2. The van der Waals surface area contributed by atoms with E-state index in [9.17, 15) is 9.59 Å². The van der Waals surface area contributed by atoms with Gasteiger partial charge < -0.3 is 15.3 Å². The maximum absolute atomic E-state index is 12.2. The number of amides is 1. The molecule has 1 amide bonds. The van der Waals surface area contributed by atoms with E-state index < -0.39 is 5.97 Å². The molecular weight excluding hydrogens is 264 g/mol. The third-order valence-electron chi connectivity index (χ3n) is 2.95. The van der Waals surface area contributed by atoms with E-state index in [1.54, 1.807) is 16.7 Å². The average molecular weight is 288 g/mol. The Kier molecular flexibility index (Phi) is 6.13. The molecule has 1 aliphatic heterocycles. The van der Waals surface area contributed by atoms with Crippen molar-refractivity contribution >= 4 is 23.6 Å². The van der Waals surface area contributed by atoms with Gasteiger partial charge in [-0.3, -0.25) is 9.59 Å². The van der Waals surface area contributed by atoms with Crippen molar-refractivity contribution in [1.29, 1.82) is 0 Å². The number of nitrogens with one attached hydrogen (secondary N) is 1. The van der Waals surface area contributed by atoms with Crippen LogP contribution >= 0.6 is 11.8 Å². The largest absolute Gasteiger partial charge is 0.481 e. The van der Waals surface area contributed by atoms with Crippen molar-refractivity contribution in [3.05, 3.63) is 0 Å². The number of carboxylic acids is 1. The lowest BCUT2D eigenvalue weighted by molar-refractivity contribution is -0.140. The zero-order valence-electron chi connectivity index (χ0n) is 11.9. The fraction of sp³-hybridized carbons (Fsp3) is 0.846. The first kappa shape index (κ1) is 16.3. The summed E-state index contributed by atoms with van der Waals surface area (Å²) in [7, 11) is 0. The second-order valence-corrected chi connectivity index (χ2v) is 6.99. The first-order valence-corrected chi connectivity index (χ1v) is 7.79. The molecule has 0 aromatic carbocycles. The summed E-state index contributed by atoms with van der Waals surface area (Å²) < 4.78 is 0. The Bertz CT molecular complexity index is 328. The highest BCUT2D eigenvalue weighted by molar-refractivity contribution is 7.99. The Morgan fingerprint density at radius 1 is 1.42 bits per heavy atom. The number of carboxylic acid groups (broad SMARTS) is 1. The minimum Gasteiger partial charge on any atom is -0.481 e. The zero-order chi connectivity index (χ0) is 14.5. The molecule has 1 fully saturated rings. The smallest absolute Gasteiger partial charge is 0.305 e. The van der Waals surface area contributed by atoms with E-state index in [1.807, 2.05) is 0 Å². The molecule has 1 heterocycles. The van der Waals surface area contributed by atoms with Crippen molar-refractivity contribution in [2.24, 2.45) is 0 Å². The van der Waals surface area contributed by atoms with Gasteiger partial charge in [0.15, 0.2) is 0 Å². The minimum atomic E-state index is -0.835. The molecule has 1 atom stereocenters. The number of hydrogen-bond acceptors (Lipinski definition) is 4. The third-order valence-corrected chi connectivity index (χ3v) is 4.04. The van der Waals surface area contributed by atoms with Crippen LogP contribution in [0.15, 0.2) is 0 Å². The second-order valence-electron chi connectivity index (χ2n) is 5.84. The van der Waals surface area contributed by atoms with E-state index in [0.717, 1.165) is 11.5 Å². The molecule has 0 saturated carbocycles. The molecule has 0 spiro atoms. The van der Waals surface area contributed by atoms with E-state index in [4.69, 9.17) is 5.11 Å². The second kappa shape index (κ2) is 7.14. The predicted octanol–water partition coefficient (Wildman–Crippen LogP) is 1.18. The maximum Gasteiger partial charge on any atom is 0.305 e. The molecule has 1 aliphatic rings. The van der Waals surface area contributed by atoms with Crippen molar-refractivity contribution < 1.29 is 14.7 Å². The quantitative estimate of drug-likeness (QED) is 0.795. The summed E-state index contributed by atoms with van der Waals surface area (Å²) in [4.78, 5) is 24.7. The lowest BCUT2D eigenvalue weighted by Gasteiger charge is -2.35. The summed E-state index contributed by atoms with van der Waals surface area (Å²) in [6.07, 6.45) is 0.476. The molecule has 1 saturated heterocycles. The monoisotopic (exact) mass is 288 g/mol. The number of carbonyl (C=O) groups excluding carboxylic acids is 1. The van der Waals surface area contributed by atoms with E-state index in [1.165, 1.54) is 0 Å². The number of hydrogen-bond donors (Lipinski definition) is 2. The van der Waals surface area contributed by atoms with Gasteiger partial charge in [0.1, 0.15) is 0 Å². The Morgan fingerprint density at radius 2 is 2.11 bits per heavy atom. The molecule has 6 heteroatoms. The third kappa shape index (κ3) is 6.29. The van der Waals surface area contributed by atoms with Crippen LogP contribution in [0.3, 0.4) is 0 Å². The molecule has 1 unspecified atom stereocenters. The number of nitrogens with zero attached hydrogens (tertiary/aromatic N) is 1. The zero-order valence-corrected chi connectivity index (χ0v) is 12.8. The highest BCUT2D eigenvalue weighted by Crippen LogP contribution is 2.19. The van der Waals surface area contributed by atoms with Crippen LogP contribution in [0.1, 0.15) is 33.6 Å². The van der Waals surface area contributed by atoms with Crippen molar-refractivity contribution in [3.63, 3.8) is 0 Å². The van der Waals surface area contributed by atoms with E-state index >= 15 is 0 Å². The van der Waals surface area contributed by atoms with Gasteiger partial charge in [-0.2, -0.15) is 11.8 Å². The van der Waals surface area contributed by atoms with E-state index in [0.29, 0.717) is 19.5 Å². The van der Waals surface area contributed by atoms with Crippen LogP contribution in [-0.2, 0) is 9.59 Å². The topological polar surface area (TPSA) is 69.6 Å². The lowest BCUT2D eigenvalue weighted by atomic mass is 10.1. The SMILES string of the molecule is CC(C)(C)NCCC(=O)N1CCSCC1CC(=O)O. The summed E-state index contributed by atoms with van der Waals surface area (Å²) in [6.45, 7) is 7.47. The molecule has 19 heavy (non-hydrogen) atoms. The number of carbonyl (C=O) groups is 2. The molecule has 0 radical (unpaired) electrons. The first-order chi connectivity index (χ1) is 8.79. The summed E-state index contributed by atoms with van der Waals surface area (Å²) in [5.41, 5.74) is -0.00149. The van der Waals surface area contributed by atoms with E-state index in [-0.39, 0.29) is 23.9 Å². The fourth-order valence-corrected chi connectivity index (χ4v) is 3.10. The van der Waals surface area contributed by atoms with Crippen molar-refractivity contribution in [3.8, 4) is 0 Å². The molecule has 1 rings (SSSR count). The number of aliphatic carboxylic acids is 1. The molecule has 0 aliphatic carbocycles. The molecule has 0 aromatic rings. The molecule has 0 aromatic heterocycles. The van der Waals surface area contributed by atoms with Gasteiger partial charge in [0.05, 0.1) is 12.5 Å². The van der Waals surface area contributed by atoms with Gasteiger partial charge in [-0.1, -0.05) is 0 Å². The van der Waals surface area contributed by atoms with Crippen LogP contribution in [0.4, 0.5) is 0 Å². The normalized spacial score (nSPS) is 20.4. The van der Waals surface area contributed by atoms with Gasteiger partial charge in [-0.05, 0) is 20.8 Å². The molecule has 110 valence electrons. The van der Waals surface area contributed by atoms with Crippen LogP contribution in [0.2, 0.25) is 0 Å². The highest BCUT2D eigenvalue weighted by atomic mass is 32.2. The Hall–Kier alpha value is -0.750. The Labute approximate surface area is 119 Å². The van der Waals surface area contributed by atoms with Crippen molar-refractivity contribution in [2.45, 2.75) is 45.2 Å². The lowest BCUT2D eigenvalue weighted by Crippen LogP contribution is -2.48. The average Bonchev–Trinajstić information content (AvgIpc) is 2.27. The van der Waals surface area contributed by atoms with Crippen LogP contribution in [0.25, 0.3) is 0 Å². The van der Waals surface area contributed by atoms with Gasteiger partial charge >= 0.3 is 5.97 Å². The summed E-state index contributed by atoms with van der Waals surface area (Å²) >= 11 is 1.72. The van der Waals surface area contributed by atoms with Gasteiger partial charge in [0.25, 0.3) is 0 Å². The highest BCUT2D eigenvalue weighted by Gasteiger charge is 2.28. The van der Waals surface area contributed by atoms with Crippen LogP contribution < -0.4 is 5.32 Å².